The molecular formula is C5H5N3O. The number of nitrogens with zero attached hydrogens (tertiary/aromatic N) is 2. The van der Waals surface area contributed by atoms with Gasteiger partial charge in [0.05, 0.1) is 0 Å². The van der Waals surface area contributed by atoms with Crippen LogP contribution in [0.1, 0.15) is 10.6 Å². The van der Waals surface area contributed by atoms with E-state index in [1.165, 1.54) is 12.4 Å². The van der Waals surface area contributed by atoms with Gasteiger partial charge in [-0.15, -0.1) is 0 Å². The summed E-state index contributed by atoms with van der Waals surface area (Å²) in [6.45, 7) is 0. The smallest absolute Gasteiger partial charge is 0.286 e. The lowest BCUT2D eigenvalue weighted by atomic mass is 10.5. The molecule has 0 aromatic carbocycles. The minimum Gasteiger partial charge on any atom is -0.363 e. The van der Waals surface area contributed by atoms with E-state index in [-0.39, 0.29) is 5.82 Å². The van der Waals surface area contributed by atoms with E-state index in [0.29, 0.717) is 0 Å². The summed E-state index contributed by atoms with van der Waals surface area (Å²) in [4.78, 5) is 17.5. The van der Waals surface area contributed by atoms with Gasteiger partial charge in [0, 0.05) is 12.4 Å². The second-order valence-corrected chi connectivity index (χ2v) is 1.44. The SMILES string of the molecule is NC(=O)c1ncccn1. The van der Waals surface area contributed by atoms with Gasteiger partial charge in [-0.2, -0.15) is 0 Å². The van der Waals surface area contributed by atoms with E-state index in [2.05, 4.69) is 9.97 Å². The van der Waals surface area contributed by atoms with Crippen LogP contribution in [0.2, 0.25) is 0 Å². The van der Waals surface area contributed by atoms with E-state index < -0.39 is 5.91 Å². The van der Waals surface area contributed by atoms with E-state index in [1.807, 2.05) is 0 Å². The monoisotopic (exact) mass is 123 g/mol. The molecule has 0 aliphatic rings. The Kier molecular flexibility index (Phi) is 1.40. The van der Waals surface area contributed by atoms with Gasteiger partial charge in [0.1, 0.15) is 0 Å². The molecule has 0 atom stereocenters. The highest BCUT2D eigenvalue weighted by Crippen LogP contribution is 1.82. The Morgan fingerprint density at radius 2 is 2.00 bits per heavy atom. The summed E-state index contributed by atoms with van der Waals surface area (Å²) in [7, 11) is 0. The molecule has 4 nitrogen and oxygen atoms in total. The predicted molar refractivity (Wildman–Crippen MR) is 30.5 cm³/mol. The number of aromatic nitrogens is 2. The van der Waals surface area contributed by atoms with Gasteiger partial charge in [-0.25, -0.2) is 9.97 Å². The Balaban J connectivity index is 2.98. The fourth-order valence-electron chi connectivity index (χ4n) is 0.426. The van der Waals surface area contributed by atoms with Crippen molar-refractivity contribution in [2.75, 3.05) is 0 Å². The maximum absolute atomic E-state index is 10.3. The summed E-state index contributed by atoms with van der Waals surface area (Å²) < 4.78 is 0. The van der Waals surface area contributed by atoms with Crippen LogP contribution in [0.4, 0.5) is 0 Å². The molecule has 1 heterocycles. The number of hydrogen-bond acceptors (Lipinski definition) is 3. The minimum absolute atomic E-state index is 0.0532. The van der Waals surface area contributed by atoms with Gasteiger partial charge < -0.3 is 5.73 Å². The van der Waals surface area contributed by atoms with Gasteiger partial charge >= 0.3 is 0 Å². The molecule has 0 aliphatic carbocycles. The molecule has 0 spiro atoms. The summed E-state index contributed by atoms with van der Waals surface area (Å²) in [6.07, 6.45) is 2.93. The van der Waals surface area contributed by atoms with Crippen molar-refractivity contribution in [2.45, 2.75) is 0 Å². The fourth-order valence-corrected chi connectivity index (χ4v) is 0.426. The third-order valence-corrected chi connectivity index (χ3v) is 0.786. The van der Waals surface area contributed by atoms with Gasteiger partial charge in [-0.05, 0) is 6.07 Å². The molecular weight excluding hydrogens is 118 g/mol. The molecule has 0 unspecified atom stereocenters. The first-order valence-corrected chi connectivity index (χ1v) is 2.37. The summed E-state index contributed by atoms with van der Waals surface area (Å²) in [6, 6.07) is 1.62. The lowest BCUT2D eigenvalue weighted by Gasteiger charge is -1.87. The van der Waals surface area contributed by atoms with Crippen LogP contribution >= 0.6 is 0 Å². The number of carbonyl (C=O) groups is 1. The third kappa shape index (κ3) is 1.22. The number of amides is 1. The first-order valence-electron chi connectivity index (χ1n) is 2.37. The van der Waals surface area contributed by atoms with E-state index >= 15 is 0 Å². The van der Waals surface area contributed by atoms with Crippen LogP contribution < -0.4 is 5.73 Å². The van der Waals surface area contributed by atoms with Crippen molar-refractivity contribution in [3.8, 4) is 0 Å². The van der Waals surface area contributed by atoms with Crippen molar-refractivity contribution >= 4 is 5.91 Å². The topological polar surface area (TPSA) is 68.9 Å². The summed E-state index contributed by atoms with van der Waals surface area (Å²) in [5.41, 5.74) is 4.85. The number of rotatable bonds is 1. The zero-order chi connectivity index (χ0) is 6.69. The van der Waals surface area contributed by atoms with Crippen LogP contribution in [0.25, 0.3) is 0 Å². The molecule has 0 aliphatic heterocycles. The Morgan fingerprint density at radius 1 is 1.44 bits per heavy atom. The van der Waals surface area contributed by atoms with E-state index in [0.717, 1.165) is 0 Å². The van der Waals surface area contributed by atoms with Crippen LogP contribution in [-0.2, 0) is 0 Å². The average molecular weight is 123 g/mol. The first kappa shape index (κ1) is 5.68. The van der Waals surface area contributed by atoms with E-state index in [1.54, 1.807) is 6.07 Å². The van der Waals surface area contributed by atoms with Crippen molar-refractivity contribution in [1.29, 1.82) is 0 Å². The highest BCUT2D eigenvalue weighted by Gasteiger charge is 1.98. The van der Waals surface area contributed by atoms with E-state index in [9.17, 15) is 4.79 Å². The standard InChI is InChI=1S/C5H5N3O/c6-4(9)5-7-2-1-3-8-5/h1-3H,(H2,6,9). The van der Waals surface area contributed by atoms with Crippen LogP contribution in [0.15, 0.2) is 18.5 Å². The molecule has 4 heteroatoms. The Labute approximate surface area is 51.7 Å². The lowest BCUT2D eigenvalue weighted by molar-refractivity contribution is 0.0990. The van der Waals surface area contributed by atoms with Gasteiger partial charge in [-0.3, -0.25) is 4.79 Å². The molecule has 0 saturated heterocycles. The summed E-state index contributed by atoms with van der Waals surface area (Å²) in [5.74, 6) is -0.548. The molecule has 1 aromatic rings. The van der Waals surface area contributed by atoms with Crippen molar-refractivity contribution in [1.82, 2.24) is 9.97 Å². The summed E-state index contributed by atoms with van der Waals surface area (Å²) >= 11 is 0. The van der Waals surface area contributed by atoms with Gasteiger partial charge in [-0.1, -0.05) is 0 Å². The zero-order valence-corrected chi connectivity index (χ0v) is 4.61. The van der Waals surface area contributed by atoms with Gasteiger partial charge in [0.15, 0.2) is 0 Å². The molecule has 0 saturated carbocycles. The predicted octanol–water partition coefficient (Wildman–Crippen LogP) is -0.425. The molecule has 1 rings (SSSR count). The molecule has 0 fully saturated rings. The van der Waals surface area contributed by atoms with Crippen LogP contribution in [0.5, 0.6) is 0 Å². The highest BCUT2D eigenvalue weighted by atomic mass is 16.1. The minimum atomic E-state index is -0.601. The molecule has 9 heavy (non-hydrogen) atoms. The summed E-state index contributed by atoms with van der Waals surface area (Å²) in [5, 5.41) is 0. The second kappa shape index (κ2) is 2.21. The number of nitrogens with two attached hydrogens (primary N) is 1. The quantitative estimate of drug-likeness (QED) is 0.551. The van der Waals surface area contributed by atoms with Crippen molar-refractivity contribution < 1.29 is 4.79 Å². The molecule has 1 aromatic heterocycles. The van der Waals surface area contributed by atoms with Gasteiger partial charge in [0.25, 0.3) is 5.91 Å². The Bertz CT molecular complexity index is 209. The average Bonchev–Trinajstić information content (AvgIpc) is 1.90. The first-order chi connectivity index (χ1) is 4.30. The maximum Gasteiger partial charge on any atom is 0.286 e. The Hall–Kier alpha value is -1.45. The number of carbonyl (C=O) groups excluding carboxylic acids is 1. The van der Waals surface area contributed by atoms with E-state index in [4.69, 9.17) is 5.73 Å². The van der Waals surface area contributed by atoms with Crippen molar-refractivity contribution in [3.63, 3.8) is 0 Å². The molecule has 2 N–H and O–H groups in total. The largest absolute Gasteiger partial charge is 0.363 e. The molecule has 0 radical (unpaired) electrons. The molecule has 0 bridgehead atoms. The zero-order valence-electron chi connectivity index (χ0n) is 4.61. The number of primary amides is 1. The van der Waals surface area contributed by atoms with Crippen LogP contribution in [0, 0.1) is 0 Å². The second-order valence-electron chi connectivity index (χ2n) is 1.44. The van der Waals surface area contributed by atoms with Crippen molar-refractivity contribution in [3.05, 3.63) is 24.3 Å². The van der Waals surface area contributed by atoms with Crippen molar-refractivity contribution in [2.24, 2.45) is 5.73 Å². The number of hydrogen-bond donors (Lipinski definition) is 1. The van der Waals surface area contributed by atoms with Gasteiger partial charge in [0.2, 0.25) is 5.82 Å². The molecule has 1 amide bonds. The molecule has 46 valence electrons. The Morgan fingerprint density at radius 3 is 2.33 bits per heavy atom. The third-order valence-electron chi connectivity index (χ3n) is 0.786. The van der Waals surface area contributed by atoms with Crippen LogP contribution in [0.3, 0.4) is 0 Å². The lowest BCUT2D eigenvalue weighted by Crippen LogP contribution is -2.14. The normalized spacial score (nSPS) is 8.89. The highest BCUT2D eigenvalue weighted by molar-refractivity contribution is 5.88. The fraction of sp³-hybridized carbons (Fsp3) is 0. The maximum atomic E-state index is 10.3. The van der Waals surface area contributed by atoms with Crippen LogP contribution in [-0.4, -0.2) is 15.9 Å².